The second-order valence-corrected chi connectivity index (χ2v) is 10.4. The summed E-state index contributed by atoms with van der Waals surface area (Å²) in [5.41, 5.74) is 0.484. The van der Waals surface area contributed by atoms with Crippen LogP contribution < -0.4 is 20.1 Å². The number of hydrogen-bond donors (Lipinski definition) is 2. The Balaban J connectivity index is 0. The molecule has 0 saturated carbocycles. The highest BCUT2D eigenvalue weighted by atomic mass is 127. The standard InChI is InChI=1S/C25H39N7O4.2ClH.HI/c1-24(2,3)35-22(33)26-13-15-32(16-14-27-23(34)36-25(4,5)6)20-11-9-19(10-12-20)28-29-21-30(7)17-18-31(21)8;;;/h9-12,17-18H,13-16H2,1-8H3,(H-,26,27,33,34);3*1H/p+1. The summed E-state index contributed by atoms with van der Waals surface area (Å²) in [5.74, 6) is 0.724. The third-order valence-electron chi connectivity index (χ3n) is 4.71. The number of nitrogens with zero attached hydrogens (tertiary/aromatic N) is 5. The van der Waals surface area contributed by atoms with Gasteiger partial charge in [0, 0.05) is 37.0 Å². The molecule has 0 radical (unpaired) electrons. The van der Waals surface area contributed by atoms with Crippen molar-refractivity contribution in [3.05, 3.63) is 36.7 Å². The Morgan fingerprint density at radius 2 is 1.36 bits per heavy atom. The number of aryl methyl sites for hydroxylation is 2. The summed E-state index contributed by atoms with van der Waals surface area (Å²) in [5, 5.41) is 14.2. The summed E-state index contributed by atoms with van der Waals surface area (Å²) in [6.07, 6.45) is 2.87. The van der Waals surface area contributed by atoms with E-state index in [-0.39, 0.29) is 48.8 Å². The van der Waals surface area contributed by atoms with Crippen LogP contribution in [0.3, 0.4) is 0 Å². The van der Waals surface area contributed by atoms with Gasteiger partial charge in [0.05, 0.1) is 26.5 Å². The third-order valence-corrected chi connectivity index (χ3v) is 4.71. The van der Waals surface area contributed by atoms with Crippen molar-refractivity contribution in [2.75, 3.05) is 31.1 Å². The van der Waals surface area contributed by atoms with Crippen LogP contribution in [0.1, 0.15) is 41.5 Å². The van der Waals surface area contributed by atoms with E-state index in [9.17, 15) is 9.59 Å². The average molecular weight is 703 g/mol. The van der Waals surface area contributed by atoms with Gasteiger partial charge in [-0.2, -0.15) is 0 Å². The summed E-state index contributed by atoms with van der Waals surface area (Å²) >= 11 is 0. The van der Waals surface area contributed by atoms with Crippen LogP contribution in [-0.4, -0.2) is 54.1 Å². The molecule has 0 atom stereocenters. The molecule has 39 heavy (non-hydrogen) atoms. The molecule has 0 spiro atoms. The molecule has 2 rings (SSSR count). The molecule has 2 amide bonds. The van der Waals surface area contributed by atoms with Crippen molar-refractivity contribution in [2.24, 2.45) is 24.3 Å². The van der Waals surface area contributed by atoms with Gasteiger partial charge >= 0.3 is 18.1 Å². The molecule has 0 unspecified atom stereocenters. The fourth-order valence-corrected chi connectivity index (χ4v) is 3.14. The Bertz CT molecular complexity index is 999. The zero-order valence-corrected chi connectivity index (χ0v) is 27.8. The van der Waals surface area contributed by atoms with Gasteiger partial charge in [-0.15, -0.1) is 48.8 Å². The number of azo groups is 1. The molecule has 0 bridgehead atoms. The SMILES string of the molecule is Cl.Cl.Cn1cc[n+](C)c1/N=N/c1ccc(N(CCNC(=O)OC(C)(C)C)CCNC(=O)OC(C)(C)C)cc1.I. The maximum Gasteiger partial charge on any atom is 0.421 e. The van der Waals surface area contributed by atoms with Crippen molar-refractivity contribution in [1.82, 2.24) is 15.2 Å². The first-order chi connectivity index (χ1) is 16.7. The van der Waals surface area contributed by atoms with Gasteiger partial charge in [0.15, 0.2) is 0 Å². The van der Waals surface area contributed by atoms with Crippen LogP contribution in [-0.2, 0) is 23.6 Å². The van der Waals surface area contributed by atoms with Gasteiger partial charge in [-0.3, -0.25) is 0 Å². The second-order valence-electron chi connectivity index (χ2n) is 10.4. The Kier molecular flexibility index (Phi) is 17.3. The van der Waals surface area contributed by atoms with Gasteiger partial charge in [0.1, 0.15) is 16.9 Å². The molecule has 2 aromatic rings. The zero-order chi connectivity index (χ0) is 26.9. The molecule has 14 heteroatoms. The number of imidazole rings is 1. The monoisotopic (exact) mass is 702 g/mol. The number of anilines is 1. The molecule has 1 aromatic carbocycles. The van der Waals surface area contributed by atoms with Crippen LogP contribution in [0.5, 0.6) is 0 Å². The lowest BCUT2D eigenvalue weighted by Gasteiger charge is -2.26. The summed E-state index contributed by atoms with van der Waals surface area (Å²) < 4.78 is 14.4. The Hall–Kier alpha value is -2.32. The lowest BCUT2D eigenvalue weighted by Crippen LogP contribution is -2.41. The molecular weight excluding hydrogens is 660 g/mol. The first kappa shape index (κ1) is 38.8. The van der Waals surface area contributed by atoms with E-state index in [1.165, 1.54) is 0 Å². The van der Waals surface area contributed by atoms with Gasteiger partial charge in [-0.1, -0.05) is 5.11 Å². The maximum atomic E-state index is 12.0. The number of rotatable bonds is 9. The number of benzene rings is 1. The summed E-state index contributed by atoms with van der Waals surface area (Å²) in [6, 6.07) is 7.61. The minimum absolute atomic E-state index is 0. The smallest absolute Gasteiger partial charge is 0.421 e. The highest BCUT2D eigenvalue weighted by Gasteiger charge is 2.18. The molecule has 0 aliphatic rings. The van der Waals surface area contributed by atoms with Crippen molar-refractivity contribution in [1.29, 1.82) is 0 Å². The number of nitrogens with one attached hydrogen (secondary N) is 2. The van der Waals surface area contributed by atoms with Gasteiger partial charge in [0.2, 0.25) is 0 Å². The van der Waals surface area contributed by atoms with Crippen molar-refractivity contribution in [3.8, 4) is 0 Å². The lowest BCUT2D eigenvalue weighted by atomic mass is 10.2. The molecule has 0 fully saturated rings. The first-order valence-corrected chi connectivity index (χ1v) is 11.9. The lowest BCUT2D eigenvalue weighted by molar-refractivity contribution is -0.657. The number of carbonyl (C=O) groups is 2. The minimum Gasteiger partial charge on any atom is -0.444 e. The summed E-state index contributed by atoms with van der Waals surface area (Å²) in [6.45, 7) is 12.7. The van der Waals surface area contributed by atoms with E-state index in [4.69, 9.17) is 9.47 Å². The molecule has 11 nitrogen and oxygen atoms in total. The molecule has 1 aromatic heterocycles. The molecular formula is C25H43Cl2IN7O4+. The second kappa shape index (κ2) is 17.4. The number of aromatic nitrogens is 2. The van der Waals surface area contributed by atoms with Crippen LogP contribution in [0.15, 0.2) is 46.9 Å². The van der Waals surface area contributed by atoms with Crippen LogP contribution >= 0.6 is 48.8 Å². The maximum absolute atomic E-state index is 12.0. The molecule has 222 valence electrons. The number of amides is 2. The third kappa shape index (κ3) is 15.2. The summed E-state index contributed by atoms with van der Waals surface area (Å²) in [7, 11) is 3.82. The Morgan fingerprint density at radius 3 is 1.74 bits per heavy atom. The quantitative estimate of drug-likeness (QED) is 0.201. The van der Waals surface area contributed by atoms with Crippen molar-refractivity contribution in [2.45, 2.75) is 52.7 Å². The topological polar surface area (TPSA) is 113 Å². The normalized spacial score (nSPS) is 11.0. The van der Waals surface area contributed by atoms with E-state index in [2.05, 4.69) is 20.9 Å². The molecule has 0 saturated heterocycles. The van der Waals surface area contributed by atoms with Crippen molar-refractivity contribution < 1.29 is 23.6 Å². The van der Waals surface area contributed by atoms with E-state index >= 15 is 0 Å². The predicted molar refractivity (Wildman–Crippen MR) is 168 cm³/mol. The average Bonchev–Trinajstić information content (AvgIpc) is 3.06. The fourth-order valence-electron chi connectivity index (χ4n) is 3.14. The largest absolute Gasteiger partial charge is 0.444 e. The van der Waals surface area contributed by atoms with Gasteiger partial charge in [-0.25, -0.2) is 18.7 Å². The summed E-state index contributed by atoms with van der Waals surface area (Å²) in [4.78, 5) is 26.1. The van der Waals surface area contributed by atoms with Gasteiger partial charge < -0.3 is 25.0 Å². The Labute approximate surface area is 260 Å². The van der Waals surface area contributed by atoms with E-state index < -0.39 is 23.4 Å². The molecule has 0 aliphatic carbocycles. The van der Waals surface area contributed by atoms with Crippen molar-refractivity contribution >= 4 is 78.3 Å². The highest BCUT2D eigenvalue weighted by Crippen LogP contribution is 2.21. The van der Waals surface area contributed by atoms with Crippen LogP contribution in [0.4, 0.5) is 26.9 Å². The number of halogens is 3. The molecule has 0 aliphatic heterocycles. The first-order valence-electron chi connectivity index (χ1n) is 11.9. The van der Waals surface area contributed by atoms with Gasteiger partial charge in [0.25, 0.3) is 0 Å². The fraction of sp³-hybridized carbons (Fsp3) is 0.560. The number of carbonyl (C=O) groups excluding carboxylic acids is 2. The zero-order valence-electron chi connectivity index (χ0n) is 23.9. The Morgan fingerprint density at radius 1 is 0.897 bits per heavy atom. The highest BCUT2D eigenvalue weighted by molar-refractivity contribution is 14.0. The molecule has 2 N–H and O–H groups in total. The predicted octanol–water partition coefficient (Wildman–Crippen LogP) is 5.58. The number of hydrogen-bond acceptors (Lipinski definition) is 7. The van der Waals surface area contributed by atoms with Gasteiger partial charge in [-0.05, 0) is 65.8 Å². The van der Waals surface area contributed by atoms with Crippen LogP contribution in [0, 0.1) is 0 Å². The van der Waals surface area contributed by atoms with E-state index in [1.54, 1.807) is 0 Å². The number of ether oxygens (including phenoxy) is 2. The van der Waals surface area contributed by atoms with E-state index in [1.807, 2.05) is 106 Å². The van der Waals surface area contributed by atoms with E-state index in [0.29, 0.717) is 31.9 Å². The minimum atomic E-state index is -0.568. The molecule has 1 heterocycles. The number of alkyl carbamates (subject to hydrolysis) is 2. The van der Waals surface area contributed by atoms with E-state index in [0.717, 1.165) is 11.6 Å². The van der Waals surface area contributed by atoms with Crippen LogP contribution in [0.2, 0.25) is 0 Å². The van der Waals surface area contributed by atoms with Crippen molar-refractivity contribution in [3.63, 3.8) is 0 Å². The van der Waals surface area contributed by atoms with Crippen LogP contribution in [0.25, 0.3) is 0 Å².